The molecule has 0 aliphatic carbocycles. The van der Waals surface area contributed by atoms with Crippen LogP contribution in [0, 0.1) is 0 Å². The van der Waals surface area contributed by atoms with Crippen molar-refractivity contribution in [2.45, 2.75) is 32.0 Å². The molecule has 0 radical (unpaired) electrons. The molecule has 2 aromatic rings. The number of rotatable bonds is 5. The molecule has 1 saturated heterocycles. The molecule has 0 aromatic heterocycles. The van der Waals surface area contributed by atoms with Crippen LogP contribution in [0.1, 0.15) is 41.9 Å². The number of likely N-dealkylation sites (tertiary alicyclic amines) is 1. The summed E-state index contributed by atoms with van der Waals surface area (Å²) in [7, 11) is 0. The Morgan fingerprint density at radius 1 is 1.18 bits per heavy atom. The van der Waals surface area contributed by atoms with E-state index in [0.717, 1.165) is 0 Å². The van der Waals surface area contributed by atoms with Crippen LogP contribution >= 0.6 is 0 Å². The van der Waals surface area contributed by atoms with Gasteiger partial charge in [0.1, 0.15) is 11.8 Å². The third kappa shape index (κ3) is 3.19. The first-order valence-electron chi connectivity index (χ1n) is 9.23. The van der Waals surface area contributed by atoms with Crippen LogP contribution in [0.5, 0.6) is 5.75 Å². The van der Waals surface area contributed by atoms with Crippen molar-refractivity contribution in [2.75, 3.05) is 11.9 Å². The van der Waals surface area contributed by atoms with E-state index in [2.05, 4.69) is 5.32 Å². The number of cyclic esters (lactones) is 1. The normalized spacial score (nSPS) is 20.7. The number of esters is 1. The fraction of sp³-hybridized carbons (Fsp3) is 0.286. The smallest absolute Gasteiger partial charge is 0.340 e. The van der Waals surface area contributed by atoms with E-state index in [1.54, 1.807) is 48.5 Å². The number of benzene rings is 2. The van der Waals surface area contributed by atoms with Crippen LogP contribution in [-0.2, 0) is 14.3 Å². The Morgan fingerprint density at radius 2 is 1.93 bits per heavy atom. The summed E-state index contributed by atoms with van der Waals surface area (Å²) in [5.41, 5.74) is 1.65. The predicted octanol–water partition coefficient (Wildman–Crippen LogP) is 2.88. The molecule has 7 nitrogen and oxygen atoms in total. The zero-order chi connectivity index (χ0) is 19.7. The second-order valence-electron chi connectivity index (χ2n) is 6.65. The van der Waals surface area contributed by atoms with E-state index in [1.807, 2.05) is 6.92 Å². The van der Waals surface area contributed by atoms with Gasteiger partial charge in [-0.25, -0.2) is 4.79 Å². The zero-order valence-electron chi connectivity index (χ0n) is 15.4. The summed E-state index contributed by atoms with van der Waals surface area (Å²) in [5.74, 6) is -0.282. The van der Waals surface area contributed by atoms with Crippen molar-refractivity contribution in [3.8, 4) is 5.75 Å². The van der Waals surface area contributed by atoms with Gasteiger partial charge in [-0.15, -0.1) is 0 Å². The molecule has 2 aliphatic heterocycles. The number of carbonyl (C=O) groups excluding carboxylic acids is 3. The molecular formula is C21H20N2O5. The largest absolute Gasteiger partial charge is 0.494 e. The molecule has 7 heteroatoms. The quantitative estimate of drug-likeness (QED) is 0.807. The number of carbonyl (C=O) groups is 3. The van der Waals surface area contributed by atoms with Crippen molar-refractivity contribution in [3.05, 3.63) is 59.7 Å². The lowest BCUT2D eigenvalue weighted by molar-refractivity contribution is -0.144. The summed E-state index contributed by atoms with van der Waals surface area (Å²) in [6.45, 7) is 2.46. The van der Waals surface area contributed by atoms with Gasteiger partial charge in [-0.2, -0.15) is 0 Å². The number of anilines is 1. The maximum atomic E-state index is 12.9. The summed E-state index contributed by atoms with van der Waals surface area (Å²) >= 11 is 0. The minimum atomic E-state index is -0.866. The van der Waals surface area contributed by atoms with Crippen LogP contribution in [0.15, 0.2) is 48.5 Å². The Balaban J connectivity index is 1.53. The number of hydrogen-bond donors (Lipinski definition) is 1. The topological polar surface area (TPSA) is 84.9 Å². The Bertz CT molecular complexity index is 925. The first-order valence-corrected chi connectivity index (χ1v) is 9.23. The molecule has 28 heavy (non-hydrogen) atoms. The molecule has 144 valence electrons. The van der Waals surface area contributed by atoms with Gasteiger partial charge in [0.25, 0.3) is 0 Å². The molecule has 1 fully saturated rings. The van der Waals surface area contributed by atoms with Gasteiger partial charge in [-0.3, -0.25) is 14.5 Å². The second kappa shape index (κ2) is 7.34. The van der Waals surface area contributed by atoms with Gasteiger partial charge in [-0.05, 0) is 43.7 Å². The van der Waals surface area contributed by atoms with Gasteiger partial charge in [-0.1, -0.05) is 18.2 Å². The second-order valence-corrected chi connectivity index (χ2v) is 6.65. The van der Waals surface area contributed by atoms with Gasteiger partial charge < -0.3 is 14.8 Å². The summed E-state index contributed by atoms with van der Waals surface area (Å²) in [6.07, 6.45) is -0.259. The maximum Gasteiger partial charge on any atom is 0.340 e. The molecular weight excluding hydrogens is 360 g/mol. The Labute approximate surface area is 162 Å². The van der Waals surface area contributed by atoms with Crippen LogP contribution in [0.25, 0.3) is 0 Å². The standard InChI is InChI=1S/C21H20N2O5/c1-2-27-14-9-7-13(8-10-14)22-19(25)17-11-12-18(24)23(17)20-15-5-3-4-6-16(15)21(26)28-20/h3-10,17,20H,2,11-12H2,1H3,(H,22,25)/t17-,20+/m1/s1. The van der Waals surface area contributed by atoms with Crippen molar-refractivity contribution in [1.29, 1.82) is 0 Å². The third-order valence-corrected chi connectivity index (χ3v) is 4.91. The van der Waals surface area contributed by atoms with Crippen LogP contribution in [0.4, 0.5) is 5.69 Å². The monoisotopic (exact) mass is 380 g/mol. The van der Waals surface area contributed by atoms with Gasteiger partial charge in [0.05, 0.1) is 12.2 Å². The highest BCUT2D eigenvalue weighted by Crippen LogP contribution is 2.38. The highest BCUT2D eigenvalue weighted by atomic mass is 16.6. The van der Waals surface area contributed by atoms with Crippen LogP contribution in [0.2, 0.25) is 0 Å². The van der Waals surface area contributed by atoms with E-state index in [9.17, 15) is 14.4 Å². The van der Waals surface area contributed by atoms with Crippen molar-refractivity contribution in [2.24, 2.45) is 0 Å². The first kappa shape index (κ1) is 18.0. The molecule has 0 unspecified atom stereocenters. The van der Waals surface area contributed by atoms with E-state index >= 15 is 0 Å². The van der Waals surface area contributed by atoms with Gasteiger partial charge in [0, 0.05) is 17.7 Å². The van der Waals surface area contributed by atoms with E-state index in [0.29, 0.717) is 35.6 Å². The summed E-state index contributed by atoms with van der Waals surface area (Å²) in [4.78, 5) is 38.9. The number of nitrogens with one attached hydrogen (secondary N) is 1. The molecule has 0 bridgehead atoms. The number of fused-ring (bicyclic) bond motifs is 1. The Hall–Kier alpha value is -3.35. The first-order chi connectivity index (χ1) is 13.6. The zero-order valence-corrected chi connectivity index (χ0v) is 15.4. The van der Waals surface area contributed by atoms with Crippen molar-refractivity contribution >= 4 is 23.5 Å². The molecule has 2 aliphatic rings. The number of nitrogens with zero attached hydrogens (tertiary/aromatic N) is 1. The van der Waals surface area contributed by atoms with Gasteiger partial charge in [0.15, 0.2) is 0 Å². The molecule has 2 atom stereocenters. The maximum absolute atomic E-state index is 12.9. The summed E-state index contributed by atoms with van der Waals surface area (Å²) < 4.78 is 10.8. The molecule has 4 rings (SSSR count). The van der Waals surface area contributed by atoms with E-state index < -0.39 is 18.2 Å². The molecule has 2 heterocycles. The lowest BCUT2D eigenvalue weighted by Crippen LogP contribution is -2.43. The molecule has 2 amide bonds. The molecule has 2 aromatic carbocycles. The predicted molar refractivity (Wildman–Crippen MR) is 101 cm³/mol. The lowest BCUT2D eigenvalue weighted by atomic mass is 10.1. The molecule has 1 N–H and O–H groups in total. The number of amides is 2. The average molecular weight is 380 g/mol. The number of hydrogen-bond acceptors (Lipinski definition) is 5. The molecule has 0 spiro atoms. The fourth-order valence-corrected chi connectivity index (χ4v) is 3.61. The van der Waals surface area contributed by atoms with Crippen molar-refractivity contribution in [1.82, 2.24) is 4.90 Å². The summed E-state index contributed by atoms with van der Waals surface area (Å²) in [6, 6.07) is 13.3. The van der Waals surface area contributed by atoms with E-state index in [4.69, 9.17) is 9.47 Å². The average Bonchev–Trinajstić information content (AvgIpc) is 3.24. The lowest BCUT2D eigenvalue weighted by Gasteiger charge is -2.29. The fourth-order valence-electron chi connectivity index (χ4n) is 3.61. The Morgan fingerprint density at radius 3 is 2.68 bits per heavy atom. The minimum absolute atomic E-state index is 0.207. The van der Waals surface area contributed by atoms with Crippen molar-refractivity contribution < 1.29 is 23.9 Å². The van der Waals surface area contributed by atoms with Crippen molar-refractivity contribution in [3.63, 3.8) is 0 Å². The highest BCUT2D eigenvalue weighted by molar-refractivity contribution is 6.00. The van der Waals surface area contributed by atoms with Crippen LogP contribution < -0.4 is 10.1 Å². The molecule has 0 saturated carbocycles. The third-order valence-electron chi connectivity index (χ3n) is 4.91. The van der Waals surface area contributed by atoms with Gasteiger partial charge >= 0.3 is 5.97 Å². The van der Waals surface area contributed by atoms with Crippen LogP contribution in [-0.4, -0.2) is 35.3 Å². The number of ether oxygens (including phenoxy) is 2. The van der Waals surface area contributed by atoms with Crippen LogP contribution in [0.3, 0.4) is 0 Å². The van der Waals surface area contributed by atoms with Gasteiger partial charge in [0.2, 0.25) is 18.0 Å². The Kier molecular flexibility index (Phi) is 4.73. The highest BCUT2D eigenvalue weighted by Gasteiger charge is 2.46. The SMILES string of the molecule is CCOc1ccc(NC(=O)[C@H]2CCC(=O)N2[C@H]2OC(=O)c3ccccc32)cc1. The van der Waals surface area contributed by atoms with E-state index in [1.165, 1.54) is 4.90 Å². The summed E-state index contributed by atoms with van der Waals surface area (Å²) in [5, 5.41) is 2.83. The minimum Gasteiger partial charge on any atom is -0.494 e. The van der Waals surface area contributed by atoms with E-state index in [-0.39, 0.29) is 18.2 Å².